The number of fused-ring (bicyclic) bond motifs is 1. The summed E-state index contributed by atoms with van der Waals surface area (Å²) in [5, 5.41) is 3.08. The Bertz CT molecular complexity index is 918. The fourth-order valence-electron chi connectivity index (χ4n) is 4.46. The van der Waals surface area contributed by atoms with E-state index in [2.05, 4.69) is 22.3 Å². The highest BCUT2D eigenvalue weighted by Gasteiger charge is 2.41. The largest absolute Gasteiger partial charge is 0.354 e. The minimum atomic E-state index is -0.468. The molecule has 2 aromatic carbocycles. The van der Waals surface area contributed by atoms with E-state index in [1.54, 1.807) is 18.2 Å². The van der Waals surface area contributed by atoms with Gasteiger partial charge in [0, 0.05) is 25.0 Å². The summed E-state index contributed by atoms with van der Waals surface area (Å²) in [4.78, 5) is 28.8. The van der Waals surface area contributed by atoms with Crippen molar-refractivity contribution in [3.63, 3.8) is 0 Å². The maximum Gasteiger partial charge on any atom is 0.227 e. The first-order chi connectivity index (χ1) is 13.9. The molecule has 0 radical (unpaired) electrons. The van der Waals surface area contributed by atoms with Crippen molar-refractivity contribution in [2.45, 2.75) is 24.8 Å². The number of hydrogen-bond donors (Lipinski definition) is 1. The van der Waals surface area contributed by atoms with Crippen molar-refractivity contribution in [2.24, 2.45) is 5.92 Å². The SMILES string of the molecule is CN(C)C1(CNC(=O)C2CC(=O)N(c3ccccc3F)C2)Cc2ccccc2C1. The first kappa shape index (κ1) is 19.6. The zero-order valence-electron chi connectivity index (χ0n) is 16.8. The summed E-state index contributed by atoms with van der Waals surface area (Å²) in [6.45, 7) is 0.721. The van der Waals surface area contributed by atoms with Gasteiger partial charge in [0.1, 0.15) is 5.82 Å². The van der Waals surface area contributed by atoms with Crippen LogP contribution in [-0.4, -0.2) is 49.4 Å². The Hall–Kier alpha value is -2.73. The first-order valence-electron chi connectivity index (χ1n) is 9.96. The number of rotatable bonds is 5. The van der Waals surface area contributed by atoms with Crippen LogP contribution in [0.2, 0.25) is 0 Å². The molecule has 5 nitrogen and oxygen atoms in total. The van der Waals surface area contributed by atoms with Crippen molar-refractivity contribution in [1.29, 1.82) is 0 Å². The van der Waals surface area contributed by atoms with Crippen LogP contribution in [0.4, 0.5) is 10.1 Å². The number of carbonyl (C=O) groups excluding carboxylic acids is 2. The van der Waals surface area contributed by atoms with E-state index in [1.807, 2.05) is 26.2 Å². The molecule has 2 amide bonds. The molecule has 2 aliphatic rings. The Balaban J connectivity index is 1.42. The van der Waals surface area contributed by atoms with E-state index in [-0.39, 0.29) is 36.0 Å². The quantitative estimate of drug-likeness (QED) is 0.846. The average Bonchev–Trinajstić information content (AvgIpc) is 3.28. The van der Waals surface area contributed by atoms with E-state index in [0.717, 1.165) is 12.8 Å². The zero-order chi connectivity index (χ0) is 20.6. The Kier molecular flexibility index (Phi) is 5.13. The van der Waals surface area contributed by atoms with Gasteiger partial charge in [-0.25, -0.2) is 4.39 Å². The smallest absolute Gasteiger partial charge is 0.227 e. The molecule has 0 aromatic heterocycles. The summed E-state index contributed by atoms with van der Waals surface area (Å²) < 4.78 is 14.1. The number of hydrogen-bond acceptors (Lipinski definition) is 3. The van der Waals surface area contributed by atoms with E-state index >= 15 is 0 Å². The van der Waals surface area contributed by atoms with Gasteiger partial charge in [-0.1, -0.05) is 36.4 Å². The second-order valence-electron chi connectivity index (χ2n) is 8.32. The van der Waals surface area contributed by atoms with Crippen molar-refractivity contribution < 1.29 is 14.0 Å². The summed E-state index contributed by atoms with van der Waals surface area (Å²) in [5.41, 5.74) is 2.70. The van der Waals surface area contributed by atoms with Crippen molar-refractivity contribution in [2.75, 3.05) is 32.1 Å². The molecule has 4 rings (SSSR count). The molecule has 1 unspecified atom stereocenters. The summed E-state index contributed by atoms with van der Waals surface area (Å²) in [6, 6.07) is 14.6. The summed E-state index contributed by atoms with van der Waals surface area (Å²) in [5.74, 6) is -1.28. The number of nitrogens with one attached hydrogen (secondary N) is 1. The maximum atomic E-state index is 14.1. The van der Waals surface area contributed by atoms with Crippen LogP contribution >= 0.6 is 0 Å². The van der Waals surface area contributed by atoms with E-state index in [0.29, 0.717) is 6.54 Å². The lowest BCUT2D eigenvalue weighted by molar-refractivity contribution is -0.126. The third-order valence-corrected chi connectivity index (χ3v) is 6.34. The van der Waals surface area contributed by atoms with Gasteiger partial charge < -0.3 is 15.1 Å². The minimum Gasteiger partial charge on any atom is -0.354 e. The normalized spacial score (nSPS) is 20.2. The number of nitrogens with zero attached hydrogens (tertiary/aromatic N) is 2. The van der Waals surface area contributed by atoms with Gasteiger partial charge in [-0.3, -0.25) is 9.59 Å². The Morgan fingerprint density at radius 1 is 1.14 bits per heavy atom. The van der Waals surface area contributed by atoms with E-state index in [4.69, 9.17) is 0 Å². The third-order valence-electron chi connectivity index (χ3n) is 6.34. The lowest BCUT2D eigenvalue weighted by Crippen LogP contribution is -2.54. The molecule has 152 valence electrons. The molecule has 0 saturated carbocycles. The molecule has 6 heteroatoms. The standard InChI is InChI=1S/C23H26FN3O2/c1-26(2)23(12-16-7-3-4-8-17(16)13-23)15-25-22(29)18-11-21(28)27(14-18)20-10-6-5-9-19(20)24/h3-10,18H,11-15H2,1-2H3,(H,25,29). The van der Waals surface area contributed by atoms with Gasteiger partial charge in [-0.15, -0.1) is 0 Å². The lowest BCUT2D eigenvalue weighted by atomic mass is 9.93. The number of halogens is 1. The fraction of sp³-hybridized carbons (Fsp3) is 0.391. The van der Waals surface area contributed by atoms with Crippen molar-refractivity contribution in [1.82, 2.24) is 10.2 Å². The number of benzene rings is 2. The molecule has 1 N–H and O–H groups in total. The number of para-hydroxylation sites is 1. The van der Waals surface area contributed by atoms with Crippen molar-refractivity contribution >= 4 is 17.5 Å². The van der Waals surface area contributed by atoms with Crippen LogP contribution in [0.1, 0.15) is 17.5 Å². The van der Waals surface area contributed by atoms with Crippen molar-refractivity contribution in [3.05, 3.63) is 65.5 Å². The fourth-order valence-corrected chi connectivity index (χ4v) is 4.46. The predicted molar refractivity (Wildman–Crippen MR) is 110 cm³/mol. The van der Waals surface area contributed by atoms with Crippen LogP contribution < -0.4 is 10.2 Å². The number of likely N-dealkylation sites (N-methyl/N-ethyl adjacent to an activating group) is 1. The van der Waals surface area contributed by atoms with Crippen LogP contribution in [0.5, 0.6) is 0 Å². The third kappa shape index (κ3) is 3.65. The van der Waals surface area contributed by atoms with Crippen LogP contribution in [0.3, 0.4) is 0 Å². The predicted octanol–water partition coefficient (Wildman–Crippen LogP) is 2.39. The molecule has 1 heterocycles. The zero-order valence-corrected chi connectivity index (χ0v) is 16.8. The van der Waals surface area contributed by atoms with E-state index in [1.165, 1.54) is 22.1 Å². The highest BCUT2D eigenvalue weighted by atomic mass is 19.1. The molecular formula is C23H26FN3O2. The van der Waals surface area contributed by atoms with Crippen LogP contribution in [0, 0.1) is 11.7 Å². The van der Waals surface area contributed by atoms with Gasteiger partial charge in [-0.05, 0) is 50.2 Å². The number of carbonyl (C=O) groups is 2. The molecule has 2 aromatic rings. The van der Waals surface area contributed by atoms with Gasteiger partial charge in [-0.2, -0.15) is 0 Å². The van der Waals surface area contributed by atoms with Gasteiger partial charge in [0.2, 0.25) is 11.8 Å². The summed E-state index contributed by atoms with van der Waals surface area (Å²) >= 11 is 0. The summed E-state index contributed by atoms with van der Waals surface area (Å²) in [7, 11) is 4.08. The molecule has 1 aliphatic carbocycles. The monoisotopic (exact) mass is 395 g/mol. The van der Waals surface area contributed by atoms with Crippen LogP contribution in [-0.2, 0) is 22.4 Å². The minimum absolute atomic E-state index is 0.107. The molecule has 1 saturated heterocycles. The lowest BCUT2D eigenvalue weighted by Gasteiger charge is -2.36. The molecular weight excluding hydrogens is 369 g/mol. The summed E-state index contributed by atoms with van der Waals surface area (Å²) in [6.07, 6.45) is 1.86. The van der Waals surface area contributed by atoms with Crippen molar-refractivity contribution in [3.8, 4) is 0 Å². The topological polar surface area (TPSA) is 52.7 Å². The molecule has 1 aliphatic heterocycles. The highest BCUT2D eigenvalue weighted by molar-refractivity contribution is 6.00. The number of anilines is 1. The Morgan fingerprint density at radius 3 is 2.38 bits per heavy atom. The van der Waals surface area contributed by atoms with E-state index < -0.39 is 11.7 Å². The molecule has 1 atom stereocenters. The first-order valence-corrected chi connectivity index (χ1v) is 9.96. The average molecular weight is 395 g/mol. The molecule has 1 fully saturated rings. The highest BCUT2D eigenvalue weighted by Crippen LogP contribution is 2.33. The van der Waals surface area contributed by atoms with Gasteiger partial charge in [0.05, 0.1) is 11.6 Å². The van der Waals surface area contributed by atoms with Gasteiger partial charge in [0.15, 0.2) is 0 Å². The van der Waals surface area contributed by atoms with Crippen LogP contribution in [0.15, 0.2) is 48.5 Å². The Morgan fingerprint density at radius 2 is 1.76 bits per heavy atom. The van der Waals surface area contributed by atoms with Gasteiger partial charge in [0.25, 0.3) is 0 Å². The van der Waals surface area contributed by atoms with E-state index in [9.17, 15) is 14.0 Å². The van der Waals surface area contributed by atoms with Gasteiger partial charge >= 0.3 is 0 Å². The Labute approximate surface area is 170 Å². The van der Waals surface area contributed by atoms with Crippen LogP contribution in [0.25, 0.3) is 0 Å². The number of amides is 2. The maximum absolute atomic E-state index is 14.1. The second kappa shape index (κ2) is 7.59. The molecule has 29 heavy (non-hydrogen) atoms. The molecule has 0 bridgehead atoms. The molecule has 0 spiro atoms. The second-order valence-corrected chi connectivity index (χ2v) is 8.32.